The molecule has 0 fully saturated rings. The van der Waals surface area contributed by atoms with Crippen LogP contribution in [0.25, 0.3) is 0 Å². The molecule has 0 bridgehead atoms. The van der Waals surface area contributed by atoms with Crippen LogP contribution in [0.1, 0.15) is 73.1 Å². The monoisotopic (exact) mass is 498 g/mol. The fourth-order valence-electron chi connectivity index (χ4n) is 1.64. The zero-order valence-electron chi connectivity index (χ0n) is 22.3. The second-order valence-corrected chi connectivity index (χ2v) is 7.38. The van der Waals surface area contributed by atoms with Crippen molar-refractivity contribution in [3.05, 3.63) is 50.1 Å². The van der Waals surface area contributed by atoms with Crippen LogP contribution in [0.3, 0.4) is 0 Å². The molecule has 0 aliphatic heterocycles. The van der Waals surface area contributed by atoms with Crippen molar-refractivity contribution in [3.8, 4) is 0 Å². The third-order valence-corrected chi connectivity index (χ3v) is 3.56. The highest BCUT2D eigenvalue weighted by Gasteiger charge is 1.96. The first-order chi connectivity index (χ1) is 16.4. The molecule has 202 valence electrons. The lowest BCUT2D eigenvalue weighted by molar-refractivity contribution is -0.138. The SMILES string of the molecule is C=C(C)C(=O)O.C=CC(=O)OCC.C=CC(=O)OCCCC.C=CC(=O)OCCCCCC(C)C. The number of carboxylic acid groups (broad SMARTS) is 1. The van der Waals surface area contributed by atoms with Crippen LogP contribution in [0.2, 0.25) is 0 Å². The van der Waals surface area contributed by atoms with E-state index in [9.17, 15) is 19.2 Å². The summed E-state index contributed by atoms with van der Waals surface area (Å²) >= 11 is 0. The minimum absolute atomic E-state index is 0.176. The largest absolute Gasteiger partial charge is 0.478 e. The summed E-state index contributed by atoms with van der Waals surface area (Å²) in [5.74, 6) is -1.17. The quantitative estimate of drug-likeness (QED) is 0.138. The maximum absolute atomic E-state index is 10.6. The van der Waals surface area contributed by atoms with Gasteiger partial charge >= 0.3 is 23.9 Å². The van der Waals surface area contributed by atoms with Crippen molar-refractivity contribution in [2.75, 3.05) is 19.8 Å². The molecule has 0 spiro atoms. The van der Waals surface area contributed by atoms with Crippen LogP contribution in [0, 0.1) is 5.92 Å². The predicted octanol–water partition coefficient (Wildman–Crippen LogP) is 5.83. The Morgan fingerprint density at radius 1 is 0.771 bits per heavy atom. The summed E-state index contributed by atoms with van der Waals surface area (Å²) in [6.07, 6.45) is 10.1. The number of carbonyl (C=O) groups excluding carboxylic acids is 3. The molecule has 0 saturated carbocycles. The van der Waals surface area contributed by atoms with Crippen LogP contribution in [-0.2, 0) is 33.4 Å². The molecule has 0 radical (unpaired) electrons. The van der Waals surface area contributed by atoms with Crippen molar-refractivity contribution in [1.82, 2.24) is 0 Å². The van der Waals surface area contributed by atoms with Crippen LogP contribution < -0.4 is 0 Å². The van der Waals surface area contributed by atoms with Gasteiger partial charge in [-0.05, 0) is 32.6 Å². The fraction of sp³-hybridized carbons (Fsp3) is 0.556. The average molecular weight is 499 g/mol. The van der Waals surface area contributed by atoms with E-state index in [4.69, 9.17) is 9.84 Å². The van der Waals surface area contributed by atoms with Gasteiger partial charge in [0.15, 0.2) is 0 Å². The third-order valence-electron chi connectivity index (χ3n) is 3.56. The number of carbonyl (C=O) groups is 4. The number of ether oxygens (including phenoxy) is 3. The van der Waals surface area contributed by atoms with Gasteiger partial charge in [-0.15, -0.1) is 0 Å². The van der Waals surface area contributed by atoms with Crippen molar-refractivity contribution >= 4 is 23.9 Å². The summed E-state index contributed by atoms with van der Waals surface area (Å²) in [5, 5.41) is 7.89. The Labute approximate surface area is 211 Å². The van der Waals surface area contributed by atoms with Gasteiger partial charge in [0.05, 0.1) is 19.8 Å². The Bertz CT molecular complexity index is 609. The summed E-state index contributed by atoms with van der Waals surface area (Å²) < 4.78 is 13.9. The average Bonchev–Trinajstić information content (AvgIpc) is 2.82. The summed E-state index contributed by atoms with van der Waals surface area (Å²) in [6, 6.07) is 0. The minimum atomic E-state index is -0.935. The van der Waals surface area contributed by atoms with Crippen LogP contribution in [0.5, 0.6) is 0 Å². The minimum Gasteiger partial charge on any atom is -0.478 e. The first-order valence-electron chi connectivity index (χ1n) is 11.7. The summed E-state index contributed by atoms with van der Waals surface area (Å²) in [4.78, 5) is 40.6. The molecule has 0 aliphatic rings. The highest BCUT2D eigenvalue weighted by Crippen LogP contribution is 2.07. The Morgan fingerprint density at radius 2 is 1.17 bits per heavy atom. The lowest BCUT2D eigenvalue weighted by Gasteiger charge is -2.04. The smallest absolute Gasteiger partial charge is 0.330 e. The fourth-order valence-corrected chi connectivity index (χ4v) is 1.64. The van der Waals surface area contributed by atoms with Gasteiger partial charge in [0.1, 0.15) is 0 Å². The molecule has 0 amide bonds. The maximum atomic E-state index is 10.6. The van der Waals surface area contributed by atoms with Crippen molar-refractivity contribution in [3.63, 3.8) is 0 Å². The summed E-state index contributed by atoms with van der Waals surface area (Å²) in [7, 11) is 0. The van der Waals surface area contributed by atoms with E-state index in [1.54, 1.807) is 6.92 Å². The Hall–Kier alpha value is -3.16. The first-order valence-corrected chi connectivity index (χ1v) is 11.7. The van der Waals surface area contributed by atoms with Crippen molar-refractivity contribution in [1.29, 1.82) is 0 Å². The number of unbranched alkanes of at least 4 members (excludes halogenated alkanes) is 3. The molecule has 1 N–H and O–H groups in total. The van der Waals surface area contributed by atoms with Crippen molar-refractivity contribution in [2.24, 2.45) is 5.92 Å². The second-order valence-electron chi connectivity index (χ2n) is 7.38. The van der Waals surface area contributed by atoms with E-state index >= 15 is 0 Å². The molecule has 0 atom stereocenters. The molecule has 0 heterocycles. The van der Waals surface area contributed by atoms with E-state index in [0.717, 1.165) is 37.7 Å². The lowest BCUT2D eigenvalue weighted by atomic mass is 10.1. The molecule has 35 heavy (non-hydrogen) atoms. The molecule has 0 rings (SSSR count). The predicted molar refractivity (Wildman–Crippen MR) is 140 cm³/mol. The highest BCUT2D eigenvalue weighted by molar-refractivity contribution is 5.84. The maximum Gasteiger partial charge on any atom is 0.330 e. The van der Waals surface area contributed by atoms with Gasteiger partial charge in [-0.1, -0.05) is 72.8 Å². The number of aliphatic carboxylic acids is 1. The van der Waals surface area contributed by atoms with E-state index in [2.05, 4.69) is 49.6 Å². The van der Waals surface area contributed by atoms with Crippen molar-refractivity contribution < 1.29 is 38.5 Å². The third kappa shape index (κ3) is 45.1. The van der Waals surface area contributed by atoms with Crippen molar-refractivity contribution in [2.45, 2.75) is 73.1 Å². The van der Waals surface area contributed by atoms with Crippen LogP contribution in [-0.4, -0.2) is 48.8 Å². The van der Waals surface area contributed by atoms with Crippen LogP contribution in [0.4, 0.5) is 0 Å². The molecule has 8 heteroatoms. The molecular weight excluding hydrogens is 452 g/mol. The zero-order valence-corrected chi connectivity index (χ0v) is 22.3. The van der Waals surface area contributed by atoms with Crippen LogP contribution in [0.15, 0.2) is 50.1 Å². The Balaban J connectivity index is -0.000000192. The summed E-state index contributed by atoms with van der Waals surface area (Å²) in [6.45, 7) is 24.1. The molecule has 0 saturated heterocycles. The molecule has 0 unspecified atom stereocenters. The number of hydrogen-bond donors (Lipinski definition) is 1. The second kappa shape index (κ2) is 30.8. The van der Waals surface area contributed by atoms with Crippen LogP contribution >= 0.6 is 0 Å². The summed E-state index contributed by atoms with van der Waals surface area (Å²) in [5.41, 5.74) is 0.176. The van der Waals surface area contributed by atoms with Gasteiger partial charge in [0.2, 0.25) is 0 Å². The van der Waals surface area contributed by atoms with Gasteiger partial charge in [-0.3, -0.25) is 0 Å². The number of esters is 3. The van der Waals surface area contributed by atoms with Gasteiger partial charge in [-0.25, -0.2) is 19.2 Å². The van der Waals surface area contributed by atoms with E-state index in [1.165, 1.54) is 31.9 Å². The standard InChI is InChI=1S/C11H20O2.C7H12O2.C5H8O2.C4H6O2/c1-4-11(12)13-9-7-5-6-8-10(2)3;1-3-5-6-9-7(8)4-2;1-3-5(6)7-4-2;1-3(2)4(5)6/h4,10H,1,5-9H2,2-3H3;4H,2-3,5-6H2,1H3;3H,1,4H2,2H3;1H2,2H3,(H,5,6). The topological polar surface area (TPSA) is 116 Å². The van der Waals surface area contributed by atoms with Gasteiger partial charge in [0.25, 0.3) is 0 Å². The molecule has 0 aromatic rings. The molecule has 0 aliphatic carbocycles. The number of carboxylic acids is 1. The highest BCUT2D eigenvalue weighted by atomic mass is 16.5. The zero-order chi connectivity index (χ0) is 28.1. The molecular formula is C27H46O8. The molecule has 0 aromatic heterocycles. The van der Waals surface area contributed by atoms with Gasteiger partial charge in [0, 0.05) is 23.8 Å². The Morgan fingerprint density at radius 3 is 1.46 bits per heavy atom. The van der Waals surface area contributed by atoms with E-state index in [-0.39, 0.29) is 23.5 Å². The first kappa shape index (κ1) is 39.1. The normalized spacial score (nSPS) is 8.74. The molecule has 0 aromatic carbocycles. The number of rotatable bonds is 14. The lowest BCUT2D eigenvalue weighted by Crippen LogP contribution is -2.01. The van der Waals surface area contributed by atoms with E-state index < -0.39 is 5.97 Å². The molecule has 8 nitrogen and oxygen atoms in total. The van der Waals surface area contributed by atoms with E-state index in [1.807, 2.05) is 6.92 Å². The van der Waals surface area contributed by atoms with E-state index in [0.29, 0.717) is 19.8 Å². The number of hydrogen-bond acceptors (Lipinski definition) is 7. The Kier molecular flexibility index (Phi) is 34.4. The van der Waals surface area contributed by atoms with Gasteiger partial charge < -0.3 is 19.3 Å². The van der Waals surface area contributed by atoms with Gasteiger partial charge in [-0.2, -0.15) is 0 Å².